The minimum atomic E-state index is -3.60. The summed E-state index contributed by atoms with van der Waals surface area (Å²) >= 11 is 1.35. The highest BCUT2D eigenvalue weighted by Crippen LogP contribution is 2.35. The number of hydrogen-bond donors (Lipinski definition) is 0. The highest BCUT2D eigenvalue weighted by atomic mass is 32.2. The number of thiazole rings is 1. The molecule has 0 aliphatic carbocycles. The van der Waals surface area contributed by atoms with E-state index >= 15 is 0 Å². The lowest BCUT2D eigenvalue weighted by atomic mass is 10.2. The highest BCUT2D eigenvalue weighted by molar-refractivity contribution is 7.89. The van der Waals surface area contributed by atoms with Gasteiger partial charge in [-0.15, -0.1) is 0 Å². The molecule has 1 amide bonds. The molecule has 0 atom stereocenters. The maximum atomic E-state index is 13.0. The van der Waals surface area contributed by atoms with E-state index in [2.05, 4.69) is 4.99 Å². The molecule has 0 radical (unpaired) electrons. The van der Waals surface area contributed by atoms with Crippen LogP contribution in [0.1, 0.15) is 43.5 Å². The zero-order valence-corrected chi connectivity index (χ0v) is 21.8. The first-order valence-corrected chi connectivity index (χ1v) is 13.4. The smallest absolute Gasteiger partial charge is 0.279 e. The van der Waals surface area contributed by atoms with Crippen LogP contribution in [0, 0.1) is 0 Å². The van der Waals surface area contributed by atoms with Gasteiger partial charge in [0.1, 0.15) is 21.7 Å². The van der Waals surface area contributed by atoms with Gasteiger partial charge in [0.05, 0.1) is 19.1 Å². The van der Waals surface area contributed by atoms with Crippen LogP contribution in [0.2, 0.25) is 0 Å². The molecule has 0 unspecified atom stereocenters. The van der Waals surface area contributed by atoms with Crippen molar-refractivity contribution in [3.05, 3.63) is 46.8 Å². The Balaban J connectivity index is 2.01. The van der Waals surface area contributed by atoms with E-state index in [1.54, 1.807) is 21.3 Å². The molecule has 0 fully saturated rings. The van der Waals surface area contributed by atoms with Crippen LogP contribution < -0.4 is 14.3 Å². The molecule has 3 aromatic rings. The lowest BCUT2D eigenvalue weighted by Crippen LogP contribution is -2.27. The number of aryl methyl sites for hydroxylation is 1. The van der Waals surface area contributed by atoms with Crippen molar-refractivity contribution >= 4 is 37.5 Å². The van der Waals surface area contributed by atoms with E-state index in [-0.39, 0.29) is 4.90 Å². The number of rotatable bonds is 10. The van der Waals surface area contributed by atoms with E-state index in [9.17, 15) is 13.2 Å². The van der Waals surface area contributed by atoms with Crippen LogP contribution in [0.25, 0.3) is 10.2 Å². The molecule has 0 spiro atoms. The van der Waals surface area contributed by atoms with Crippen molar-refractivity contribution in [3.8, 4) is 11.5 Å². The molecule has 3 rings (SSSR count). The number of ether oxygens (including phenoxy) is 2. The maximum absolute atomic E-state index is 13.0. The summed E-state index contributed by atoms with van der Waals surface area (Å²) in [4.78, 5) is 18.1. The number of carbonyl (C=O) groups is 1. The Morgan fingerprint density at radius 3 is 2.26 bits per heavy atom. The number of amides is 1. The number of nitrogens with zero attached hydrogens (tertiary/aromatic N) is 3. The van der Waals surface area contributed by atoms with Crippen LogP contribution in [0.15, 0.2) is 46.3 Å². The second-order valence-corrected chi connectivity index (χ2v) is 10.8. The Morgan fingerprint density at radius 2 is 1.68 bits per heavy atom. The van der Waals surface area contributed by atoms with Gasteiger partial charge in [0.15, 0.2) is 4.80 Å². The Labute approximate surface area is 204 Å². The normalized spacial score (nSPS) is 12.5. The average molecular weight is 506 g/mol. The second kappa shape index (κ2) is 11.2. The predicted molar refractivity (Wildman–Crippen MR) is 134 cm³/mol. The van der Waals surface area contributed by atoms with E-state index in [0.29, 0.717) is 35.0 Å². The first-order valence-electron chi connectivity index (χ1n) is 11.2. The minimum Gasteiger partial charge on any atom is -0.495 e. The summed E-state index contributed by atoms with van der Waals surface area (Å²) in [5.41, 5.74) is 1.14. The zero-order valence-electron chi connectivity index (χ0n) is 20.2. The molecule has 0 bridgehead atoms. The Bertz CT molecular complexity index is 1330. The number of carbonyl (C=O) groups excluding carboxylic acids is 1. The van der Waals surface area contributed by atoms with Crippen molar-refractivity contribution in [1.29, 1.82) is 0 Å². The number of benzene rings is 2. The van der Waals surface area contributed by atoms with Gasteiger partial charge in [-0.05, 0) is 49.2 Å². The summed E-state index contributed by atoms with van der Waals surface area (Å²) in [6.45, 7) is 5.16. The molecule has 2 aromatic carbocycles. The third-order valence-electron chi connectivity index (χ3n) is 5.47. The van der Waals surface area contributed by atoms with Crippen LogP contribution in [0.3, 0.4) is 0 Å². The molecule has 0 aliphatic rings. The molecule has 1 aromatic heterocycles. The molecule has 0 saturated heterocycles. The third-order valence-corrected chi connectivity index (χ3v) is 8.44. The summed E-state index contributed by atoms with van der Waals surface area (Å²) in [6.07, 6.45) is 2.53. The summed E-state index contributed by atoms with van der Waals surface area (Å²) in [7, 11) is 1.17. The van der Waals surface area contributed by atoms with Crippen LogP contribution >= 0.6 is 11.3 Å². The molecule has 10 heteroatoms. The number of sulfonamides is 1. The highest BCUT2D eigenvalue weighted by Gasteiger charge is 2.21. The van der Waals surface area contributed by atoms with E-state index < -0.39 is 15.9 Å². The van der Waals surface area contributed by atoms with Gasteiger partial charge in [0.25, 0.3) is 5.91 Å². The summed E-state index contributed by atoms with van der Waals surface area (Å²) < 4.78 is 40.7. The lowest BCUT2D eigenvalue weighted by Gasteiger charge is -2.16. The maximum Gasteiger partial charge on any atom is 0.279 e. The zero-order chi connectivity index (χ0) is 24.9. The van der Waals surface area contributed by atoms with Gasteiger partial charge in [-0.1, -0.05) is 31.6 Å². The molecular weight excluding hydrogens is 474 g/mol. The van der Waals surface area contributed by atoms with Gasteiger partial charge in [-0.3, -0.25) is 4.79 Å². The summed E-state index contributed by atoms with van der Waals surface area (Å²) in [5.74, 6) is 0.912. The quantitative estimate of drug-likeness (QED) is 0.410. The van der Waals surface area contributed by atoms with Crippen molar-refractivity contribution in [3.63, 3.8) is 0 Å². The molecule has 8 nitrogen and oxygen atoms in total. The van der Waals surface area contributed by atoms with Crippen LogP contribution in [0.5, 0.6) is 11.5 Å². The largest absolute Gasteiger partial charge is 0.495 e. The lowest BCUT2D eigenvalue weighted by molar-refractivity contribution is 0.0997. The van der Waals surface area contributed by atoms with Gasteiger partial charge in [0, 0.05) is 25.7 Å². The molecule has 0 saturated carbocycles. The molecule has 34 heavy (non-hydrogen) atoms. The topological polar surface area (TPSA) is 90.2 Å². The fourth-order valence-corrected chi connectivity index (χ4v) is 5.95. The van der Waals surface area contributed by atoms with Crippen LogP contribution in [0.4, 0.5) is 0 Å². The molecule has 1 heterocycles. The fourth-order valence-electron chi connectivity index (χ4n) is 3.57. The van der Waals surface area contributed by atoms with Gasteiger partial charge in [-0.25, -0.2) is 12.7 Å². The first-order chi connectivity index (χ1) is 16.3. The molecule has 0 aliphatic heterocycles. The van der Waals surface area contributed by atoms with Gasteiger partial charge < -0.3 is 14.0 Å². The van der Waals surface area contributed by atoms with Gasteiger partial charge in [0.2, 0.25) is 10.0 Å². The van der Waals surface area contributed by atoms with Crippen molar-refractivity contribution in [1.82, 2.24) is 8.87 Å². The molecule has 0 N–H and O–H groups in total. The van der Waals surface area contributed by atoms with Crippen molar-refractivity contribution in [2.24, 2.45) is 4.99 Å². The van der Waals surface area contributed by atoms with Crippen LogP contribution in [-0.2, 0) is 16.6 Å². The van der Waals surface area contributed by atoms with Gasteiger partial charge in [-0.2, -0.15) is 4.99 Å². The standard InChI is InChI=1S/C24H31N3O5S2/c1-6-8-16-26(3)34(29,30)18-11-9-17(10-12-18)23(28)25-24-27(15-7-2)21-19(31-4)13-14-20(32-5)22(21)33-24/h9-14H,6-8,15-16H2,1-5H3. The van der Waals surface area contributed by atoms with E-state index in [1.165, 1.54) is 39.9 Å². The Kier molecular flexibility index (Phi) is 8.51. The predicted octanol–water partition coefficient (Wildman–Crippen LogP) is 4.29. The SMILES string of the molecule is CCCCN(C)S(=O)(=O)c1ccc(C(=O)N=c2sc3c(OC)ccc(OC)c3n2CCC)cc1. The molecular formula is C24H31N3O5S2. The number of unbranched alkanes of at least 4 members (excludes halogenated alkanes) is 1. The Morgan fingerprint density at radius 1 is 1.03 bits per heavy atom. The number of aromatic nitrogens is 1. The van der Waals surface area contributed by atoms with Gasteiger partial charge >= 0.3 is 0 Å². The van der Waals surface area contributed by atoms with Crippen molar-refractivity contribution in [2.75, 3.05) is 27.8 Å². The Hall–Kier alpha value is -2.69. The number of fused-ring (bicyclic) bond motifs is 1. The van der Waals surface area contributed by atoms with Crippen LogP contribution in [-0.4, -0.2) is 51.0 Å². The van der Waals surface area contributed by atoms with E-state index in [1.807, 2.05) is 30.5 Å². The number of methoxy groups -OCH3 is 2. The first kappa shape index (κ1) is 25.9. The summed E-state index contributed by atoms with van der Waals surface area (Å²) in [5, 5.41) is 0. The van der Waals surface area contributed by atoms with E-state index in [4.69, 9.17) is 9.47 Å². The fraction of sp³-hybridized carbons (Fsp3) is 0.417. The minimum absolute atomic E-state index is 0.153. The van der Waals surface area contributed by atoms with E-state index in [0.717, 1.165) is 29.5 Å². The number of hydrogen-bond acceptors (Lipinski definition) is 6. The summed E-state index contributed by atoms with van der Waals surface area (Å²) in [6, 6.07) is 9.59. The second-order valence-electron chi connectivity index (χ2n) is 7.81. The average Bonchev–Trinajstić information content (AvgIpc) is 3.20. The molecule has 184 valence electrons. The third kappa shape index (κ3) is 5.18. The van der Waals surface area contributed by atoms with Crippen molar-refractivity contribution < 1.29 is 22.7 Å². The monoisotopic (exact) mass is 505 g/mol. The van der Waals surface area contributed by atoms with Crippen molar-refractivity contribution in [2.45, 2.75) is 44.6 Å².